The third-order valence-corrected chi connectivity index (χ3v) is 5.15. The number of hydrogen-bond acceptors (Lipinski definition) is 2. The Morgan fingerprint density at radius 1 is 1.35 bits per heavy atom. The fourth-order valence-corrected chi connectivity index (χ4v) is 3.81. The summed E-state index contributed by atoms with van der Waals surface area (Å²) >= 11 is 1.91. The van der Waals surface area contributed by atoms with Gasteiger partial charge in [0.2, 0.25) is 0 Å². The maximum Gasteiger partial charge on any atom is 0.156 e. The number of rotatable bonds is 3. The summed E-state index contributed by atoms with van der Waals surface area (Å²) in [4.78, 5) is 4.85. The van der Waals surface area contributed by atoms with E-state index in [1.54, 1.807) is 0 Å². The summed E-state index contributed by atoms with van der Waals surface area (Å²) in [5.74, 6) is 1.24. The predicted octanol–water partition coefficient (Wildman–Crippen LogP) is 3.82. The van der Waals surface area contributed by atoms with Gasteiger partial charge in [0.25, 0.3) is 0 Å². The molecule has 0 aromatic heterocycles. The molecule has 1 saturated carbocycles. The first-order chi connectivity index (χ1) is 8.22. The van der Waals surface area contributed by atoms with Gasteiger partial charge >= 0.3 is 0 Å². The monoisotopic (exact) mass is 254 g/mol. The Hall–Kier alpha value is -0.180. The van der Waals surface area contributed by atoms with Crippen LogP contribution in [-0.4, -0.2) is 23.5 Å². The van der Waals surface area contributed by atoms with Crippen molar-refractivity contribution in [3.05, 3.63) is 0 Å². The standard InChI is InChI=1S/C14H26N2S/c1-3-12-7-10-17-13(16-12)15-11-14(2)8-5-4-6-9-14/h12H,3-11H2,1-2H3,(H,15,16). The van der Waals surface area contributed by atoms with Gasteiger partial charge in [0, 0.05) is 18.3 Å². The van der Waals surface area contributed by atoms with Gasteiger partial charge < -0.3 is 5.32 Å². The summed E-state index contributed by atoms with van der Waals surface area (Å²) < 4.78 is 0. The third kappa shape index (κ3) is 3.90. The van der Waals surface area contributed by atoms with Gasteiger partial charge in [0.1, 0.15) is 0 Å². The maximum atomic E-state index is 4.85. The normalized spacial score (nSPS) is 31.2. The van der Waals surface area contributed by atoms with E-state index in [2.05, 4.69) is 19.2 Å². The van der Waals surface area contributed by atoms with Crippen molar-refractivity contribution >= 4 is 16.9 Å². The topological polar surface area (TPSA) is 24.4 Å². The van der Waals surface area contributed by atoms with Crippen molar-refractivity contribution in [1.82, 2.24) is 5.32 Å². The highest BCUT2D eigenvalue weighted by atomic mass is 32.2. The minimum Gasteiger partial charge on any atom is -0.362 e. The quantitative estimate of drug-likeness (QED) is 0.828. The van der Waals surface area contributed by atoms with Crippen molar-refractivity contribution < 1.29 is 0 Å². The fourth-order valence-electron chi connectivity index (χ4n) is 2.81. The van der Waals surface area contributed by atoms with Gasteiger partial charge in [-0.1, -0.05) is 44.9 Å². The van der Waals surface area contributed by atoms with Crippen LogP contribution < -0.4 is 5.32 Å². The van der Waals surface area contributed by atoms with Gasteiger partial charge in [0.05, 0.1) is 0 Å². The number of hydrogen-bond donors (Lipinski definition) is 1. The highest BCUT2D eigenvalue weighted by molar-refractivity contribution is 8.13. The summed E-state index contributed by atoms with van der Waals surface area (Å²) in [5, 5.41) is 4.78. The smallest absolute Gasteiger partial charge is 0.156 e. The Kier molecular flexibility index (Phi) is 4.78. The molecule has 1 N–H and O–H groups in total. The number of aliphatic imine (C=N–C) groups is 1. The maximum absolute atomic E-state index is 4.85. The molecule has 2 aliphatic rings. The van der Waals surface area contributed by atoms with Crippen LogP contribution in [0.15, 0.2) is 4.99 Å². The average Bonchev–Trinajstić information content (AvgIpc) is 2.38. The molecule has 1 aliphatic heterocycles. The van der Waals surface area contributed by atoms with Gasteiger partial charge in [-0.2, -0.15) is 0 Å². The highest BCUT2D eigenvalue weighted by Crippen LogP contribution is 2.36. The number of amidine groups is 1. The Morgan fingerprint density at radius 3 is 2.82 bits per heavy atom. The second-order valence-corrected chi connectivity index (χ2v) is 6.96. The van der Waals surface area contributed by atoms with Crippen LogP contribution in [-0.2, 0) is 0 Å². The summed E-state index contributed by atoms with van der Waals surface area (Å²) in [7, 11) is 0. The van der Waals surface area contributed by atoms with Crippen LogP contribution in [0.5, 0.6) is 0 Å². The van der Waals surface area contributed by atoms with Gasteiger partial charge in [-0.3, -0.25) is 4.99 Å². The Balaban J connectivity index is 1.86. The molecule has 1 unspecified atom stereocenters. The van der Waals surface area contributed by atoms with E-state index in [0.717, 1.165) is 6.54 Å². The molecular formula is C14H26N2S. The zero-order valence-corrected chi connectivity index (χ0v) is 12.1. The van der Waals surface area contributed by atoms with Crippen LogP contribution in [0.2, 0.25) is 0 Å². The lowest BCUT2D eigenvalue weighted by atomic mass is 9.76. The molecule has 3 heteroatoms. The highest BCUT2D eigenvalue weighted by Gasteiger charge is 2.27. The number of thioether (sulfide) groups is 1. The summed E-state index contributed by atoms with van der Waals surface area (Å²) in [6.45, 7) is 5.70. The summed E-state index contributed by atoms with van der Waals surface area (Å²) in [6, 6.07) is 0.661. The summed E-state index contributed by atoms with van der Waals surface area (Å²) in [6.07, 6.45) is 9.47. The van der Waals surface area contributed by atoms with E-state index in [1.165, 1.54) is 55.9 Å². The first kappa shape index (κ1) is 13.3. The molecule has 2 rings (SSSR count). The molecule has 0 spiro atoms. The lowest BCUT2D eigenvalue weighted by molar-refractivity contribution is 0.227. The van der Waals surface area contributed by atoms with Gasteiger partial charge in [-0.15, -0.1) is 0 Å². The van der Waals surface area contributed by atoms with Crippen molar-refractivity contribution in [2.75, 3.05) is 12.3 Å². The SMILES string of the molecule is CCC1CCSC(=NCC2(C)CCCCC2)N1. The first-order valence-electron chi connectivity index (χ1n) is 7.16. The Bertz CT molecular complexity index is 269. The van der Waals surface area contributed by atoms with Crippen LogP contribution >= 0.6 is 11.8 Å². The van der Waals surface area contributed by atoms with E-state index in [1.807, 2.05) is 11.8 Å². The fraction of sp³-hybridized carbons (Fsp3) is 0.929. The molecule has 17 heavy (non-hydrogen) atoms. The van der Waals surface area contributed by atoms with Crippen LogP contribution in [0, 0.1) is 5.41 Å². The van der Waals surface area contributed by atoms with Crippen LogP contribution in [0.1, 0.15) is 58.8 Å². The minimum atomic E-state index is 0.479. The van der Waals surface area contributed by atoms with Crippen molar-refractivity contribution in [3.63, 3.8) is 0 Å². The molecule has 1 heterocycles. The molecule has 2 nitrogen and oxygen atoms in total. The van der Waals surface area contributed by atoms with Crippen LogP contribution in [0.3, 0.4) is 0 Å². The molecule has 1 aliphatic carbocycles. The van der Waals surface area contributed by atoms with Crippen molar-refractivity contribution in [3.8, 4) is 0 Å². The van der Waals surface area contributed by atoms with E-state index in [9.17, 15) is 0 Å². The zero-order chi connectivity index (χ0) is 12.1. The predicted molar refractivity (Wildman–Crippen MR) is 77.8 cm³/mol. The second kappa shape index (κ2) is 6.12. The van der Waals surface area contributed by atoms with E-state index in [0.29, 0.717) is 11.5 Å². The molecule has 0 aromatic rings. The molecule has 0 radical (unpaired) electrons. The molecule has 2 fully saturated rings. The summed E-state index contributed by atoms with van der Waals surface area (Å²) in [5.41, 5.74) is 0.479. The molecule has 0 amide bonds. The Morgan fingerprint density at radius 2 is 2.12 bits per heavy atom. The molecule has 1 atom stereocenters. The molecular weight excluding hydrogens is 228 g/mol. The first-order valence-corrected chi connectivity index (χ1v) is 8.14. The van der Waals surface area contributed by atoms with Gasteiger partial charge in [-0.25, -0.2) is 0 Å². The minimum absolute atomic E-state index is 0.479. The van der Waals surface area contributed by atoms with Crippen LogP contribution in [0.25, 0.3) is 0 Å². The van der Waals surface area contributed by atoms with Crippen molar-refractivity contribution in [2.24, 2.45) is 10.4 Å². The molecule has 0 bridgehead atoms. The van der Waals surface area contributed by atoms with Gasteiger partial charge in [0.15, 0.2) is 5.17 Å². The third-order valence-electron chi connectivity index (χ3n) is 4.19. The number of nitrogens with zero attached hydrogens (tertiary/aromatic N) is 1. The van der Waals surface area contributed by atoms with E-state index < -0.39 is 0 Å². The average molecular weight is 254 g/mol. The van der Waals surface area contributed by atoms with Crippen LogP contribution in [0.4, 0.5) is 0 Å². The number of nitrogens with one attached hydrogen (secondary N) is 1. The van der Waals surface area contributed by atoms with Gasteiger partial charge in [-0.05, 0) is 31.1 Å². The van der Waals surface area contributed by atoms with Crippen molar-refractivity contribution in [2.45, 2.75) is 64.8 Å². The molecule has 1 saturated heterocycles. The molecule has 0 aromatic carbocycles. The van der Waals surface area contributed by atoms with E-state index in [4.69, 9.17) is 4.99 Å². The van der Waals surface area contributed by atoms with E-state index in [-0.39, 0.29) is 0 Å². The van der Waals surface area contributed by atoms with Crippen molar-refractivity contribution in [1.29, 1.82) is 0 Å². The largest absolute Gasteiger partial charge is 0.362 e. The Labute approximate surface area is 110 Å². The van der Waals surface area contributed by atoms with E-state index >= 15 is 0 Å². The second-order valence-electron chi connectivity index (χ2n) is 5.88. The lowest BCUT2D eigenvalue weighted by Crippen LogP contribution is -2.38. The lowest BCUT2D eigenvalue weighted by Gasteiger charge is -2.32. The zero-order valence-electron chi connectivity index (χ0n) is 11.3. The molecule has 98 valence electrons.